The van der Waals surface area contributed by atoms with E-state index in [-0.39, 0.29) is 5.56 Å². The van der Waals surface area contributed by atoms with E-state index in [0.29, 0.717) is 5.69 Å². The SMILES string of the molecule is COC(=O)c1c(C)[nH]n(-c2ccccc2C)c1=O. The number of esters is 1. The van der Waals surface area contributed by atoms with Crippen molar-refractivity contribution in [2.24, 2.45) is 0 Å². The van der Waals surface area contributed by atoms with Crippen molar-refractivity contribution in [3.05, 3.63) is 51.4 Å². The number of methoxy groups -OCH3 is 1. The van der Waals surface area contributed by atoms with Gasteiger partial charge in [0.1, 0.15) is 5.56 Å². The average Bonchev–Trinajstić information content (AvgIpc) is 2.65. The first-order valence-corrected chi connectivity index (χ1v) is 5.52. The molecule has 0 aliphatic carbocycles. The van der Waals surface area contributed by atoms with Crippen LogP contribution in [-0.4, -0.2) is 22.9 Å². The number of para-hydroxylation sites is 1. The minimum atomic E-state index is -0.624. The number of H-pyrrole nitrogens is 1. The lowest BCUT2D eigenvalue weighted by Crippen LogP contribution is -2.21. The van der Waals surface area contributed by atoms with Crippen LogP contribution < -0.4 is 5.56 Å². The molecule has 1 heterocycles. The first kappa shape index (κ1) is 12.2. The first-order chi connectivity index (χ1) is 8.56. The van der Waals surface area contributed by atoms with Gasteiger partial charge < -0.3 is 4.74 Å². The molecular formula is C13H14N2O3. The highest BCUT2D eigenvalue weighted by molar-refractivity contribution is 5.90. The molecule has 2 aromatic rings. The molecule has 0 spiro atoms. The zero-order chi connectivity index (χ0) is 13.3. The second-order valence-electron chi connectivity index (χ2n) is 4.03. The van der Waals surface area contributed by atoms with Crippen LogP contribution in [0, 0.1) is 13.8 Å². The molecule has 1 N–H and O–H groups in total. The molecule has 0 saturated heterocycles. The molecule has 5 heteroatoms. The van der Waals surface area contributed by atoms with Gasteiger partial charge in [0, 0.05) is 5.69 Å². The maximum Gasteiger partial charge on any atom is 0.345 e. The summed E-state index contributed by atoms with van der Waals surface area (Å²) in [6.45, 7) is 3.57. The number of ether oxygens (including phenoxy) is 1. The summed E-state index contributed by atoms with van der Waals surface area (Å²) in [7, 11) is 1.26. The minimum absolute atomic E-state index is 0.0424. The van der Waals surface area contributed by atoms with E-state index in [0.717, 1.165) is 11.3 Å². The van der Waals surface area contributed by atoms with Crippen molar-refractivity contribution in [3.63, 3.8) is 0 Å². The third-order valence-electron chi connectivity index (χ3n) is 2.82. The lowest BCUT2D eigenvalue weighted by atomic mass is 10.2. The van der Waals surface area contributed by atoms with Gasteiger partial charge in [0.15, 0.2) is 0 Å². The van der Waals surface area contributed by atoms with Crippen LogP contribution in [0.25, 0.3) is 5.69 Å². The van der Waals surface area contributed by atoms with E-state index in [1.165, 1.54) is 11.8 Å². The Kier molecular flexibility index (Phi) is 3.06. The number of carbonyl (C=O) groups is 1. The molecule has 0 aliphatic rings. The molecule has 1 aromatic carbocycles. The minimum Gasteiger partial charge on any atom is -0.465 e. The van der Waals surface area contributed by atoms with Gasteiger partial charge in [0.25, 0.3) is 5.56 Å². The summed E-state index contributed by atoms with van der Waals surface area (Å²) in [4.78, 5) is 23.7. The Bertz CT molecular complexity index is 652. The van der Waals surface area contributed by atoms with E-state index in [2.05, 4.69) is 9.84 Å². The average molecular weight is 246 g/mol. The van der Waals surface area contributed by atoms with Crippen LogP contribution in [0.2, 0.25) is 0 Å². The number of aromatic nitrogens is 2. The Balaban J connectivity index is 2.66. The van der Waals surface area contributed by atoms with Gasteiger partial charge >= 0.3 is 5.97 Å². The van der Waals surface area contributed by atoms with Gasteiger partial charge in [-0.1, -0.05) is 18.2 Å². The largest absolute Gasteiger partial charge is 0.465 e. The van der Waals surface area contributed by atoms with E-state index in [4.69, 9.17) is 0 Å². The van der Waals surface area contributed by atoms with Crippen LogP contribution in [0.3, 0.4) is 0 Å². The highest BCUT2D eigenvalue weighted by atomic mass is 16.5. The van der Waals surface area contributed by atoms with Crippen molar-refractivity contribution < 1.29 is 9.53 Å². The molecule has 0 amide bonds. The summed E-state index contributed by atoms with van der Waals surface area (Å²) in [6.07, 6.45) is 0. The Labute approximate surface area is 104 Å². The highest BCUT2D eigenvalue weighted by Gasteiger charge is 2.20. The van der Waals surface area contributed by atoms with Gasteiger partial charge in [-0.3, -0.25) is 9.89 Å². The number of nitrogens with zero attached hydrogens (tertiary/aromatic N) is 1. The van der Waals surface area contributed by atoms with Crippen LogP contribution in [-0.2, 0) is 4.74 Å². The number of hydrogen-bond donors (Lipinski definition) is 1. The van der Waals surface area contributed by atoms with E-state index in [1.54, 1.807) is 6.92 Å². The van der Waals surface area contributed by atoms with E-state index >= 15 is 0 Å². The number of nitrogens with one attached hydrogen (secondary N) is 1. The van der Waals surface area contributed by atoms with Gasteiger partial charge in [-0.15, -0.1) is 0 Å². The lowest BCUT2D eigenvalue weighted by molar-refractivity contribution is 0.0598. The third kappa shape index (κ3) is 1.84. The zero-order valence-corrected chi connectivity index (χ0v) is 10.5. The van der Waals surface area contributed by atoms with Crippen molar-refractivity contribution >= 4 is 5.97 Å². The first-order valence-electron chi connectivity index (χ1n) is 5.52. The summed E-state index contributed by atoms with van der Waals surface area (Å²) < 4.78 is 5.96. The van der Waals surface area contributed by atoms with Gasteiger partial charge in [0.2, 0.25) is 0 Å². The standard InChI is InChI=1S/C13H14N2O3/c1-8-6-4-5-7-10(8)15-12(16)11(9(2)14-15)13(17)18-3/h4-7,14H,1-3H3. The number of benzene rings is 1. The molecule has 2 rings (SSSR count). The monoisotopic (exact) mass is 246 g/mol. The third-order valence-corrected chi connectivity index (χ3v) is 2.82. The smallest absolute Gasteiger partial charge is 0.345 e. The number of rotatable bonds is 2. The highest BCUT2D eigenvalue weighted by Crippen LogP contribution is 2.12. The fraction of sp³-hybridized carbons (Fsp3) is 0.231. The lowest BCUT2D eigenvalue weighted by Gasteiger charge is -2.04. The normalized spacial score (nSPS) is 10.4. The Morgan fingerprint density at radius 3 is 2.56 bits per heavy atom. The molecule has 0 unspecified atom stereocenters. The van der Waals surface area contributed by atoms with E-state index < -0.39 is 11.5 Å². The van der Waals surface area contributed by atoms with Gasteiger partial charge in [-0.25, -0.2) is 9.48 Å². The maximum atomic E-state index is 12.2. The molecular weight excluding hydrogens is 232 g/mol. The summed E-state index contributed by atoms with van der Waals surface area (Å²) in [5.74, 6) is -0.624. The fourth-order valence-corrected chi connectivity index (χ4v) is 1.87. The number of aromatic amines is 1. The molecule has 0 bridgehead atoms. The molecule has 0 saturated carbocycles. The quantitative estimate of drug-likeness (QED) is 0.818. The molecule has 0 fully saturated rings. The van der Waals surface area contributed by atoms with Crippen molar-refractivity contribution in [1.29, 1.82) is 0 Å². The molecule has 0 radical (unpaired) electrons. The Morgan fingerprint density at radius 2 is 1.94 bits per heavy atom. The number of aryl methyl sites for hydroxylation is 2. The van der Waals surface area contributed by atoms with Crippen LogP contribution in [0.4, 0.5) is 0 Å². The van der Waals surface area contributed by atoms with Gasteiger partial charge in [0.05, 0.1) is 12.8 Å². The molecule has 94 valence electrons. The summed E-state index contributed by atoms with van der Waals surface area (Å²) >= 11 is 0. The predicted molar refractivity (Wildman–Crippen MR) is 67.2 cm³/mol. The van der Waals surface area contributed by atoms with Gasteiger partial charge in [-0.05, 0) is 25.5 Å². The maximum absolute atomic E-state index is 12.2. The van der Waals surface area contributed by atoms with E-state index in [1.807, 2.05) is 31.2 Å². The van der Waals surface area contributed by atoms with Crippen molar-refractivity contribution in [1.82, 2.24) is 9.78 Å². The second-order valence-corrected chi connectivity index (χ2v) is 4.03. The summed E-state index contributed by atoms with van der Waals surface area (Å²) in [6, 6.07) is 7.44. The summed E-state index contributed by atoms with van der Waals surface area (Å²) in [5, 5.41) is 2.89. The van der Waals surface area contributed by atoms with Crippen molar-refractivity contribution in [2.75, 3.05) is 7.11 Å². The predicted octanol–water partition coefficient (Wildman–Crippen LogP) is 1.57. The Hall–Kier alpha value is -2.30. The number of carbonyl (C=O) groups excluding carboxylic acids is 1. The zero-order valence-electron chi connectivity index (χ0n) is 10.5. The van der Waals surface area contributed by atoms with Crippen LogP contribution in [0.1, 0.15) is 21.6 Å². The molecule has 0 atom stereocenters. The summed E-state index contributed by atoms with van der Waals surface area (Å²) in [5.41, 5.74) is 1.81. The van der Waals surface area contributed by atoms with Crippen molar-refractivity contribution in [3.8, 4) is 5.69 Å². The van der Waals surface area contributed by atoms with Crippen LogP contribution >= 0.6 is 0 Å². The molecule has 18 heavy (non-hydrogen) atoms. The Morgan fingerprint density at radius 1 is 1.28 bits per heavy atom. The molecule has 0 aliphatic heterocycles. The molecule has 5 nitrogen and oxygen atoms in total. The molecule has 1 aromatic heterocycles. The topological polar surface area (TPSA) is 64.1 Å². The second kappa shape index (κ2) is 4.52. The van der Waals surface area contributed by atoms with Crippen molar-refractivity contribution in [2.45, 2.75) is 13.8 Å². The van der Waals surface area contributed by atoms with Crippen LogP contribution in [0.15, 0.2) is 29.1 Å². The fourth-order valence-electron chi connectivity index (χ4n) is 1.87. The van der Waals surface area contributed by atoms with E-state index in [9.17, 15) is 9.59 Å². The number of hydrogen-bond acceptors (Lipinski definition) is 3. The van der Waals surface area contributed by atoms with Gasteiger partial charge in [-0.2, -0.15) is 0 Å². The van der Waals surface area contributed by atoms with Crippen LogP contribution in [0.5, 0.6) is 0 Å².